The van der Waals surface area contributed by atoms with E-state index in [1.165, 1.54) is 0 Å². The molecule has 5 nitrogen and oxygen atoms in total. The van der Waals surface area contributed by atoms with Crippen LogP contribution in [-0.4, -0.2) is 17.9 Å². The van der Waals surface area contributed by atoms with Gasteiger partial charge in [0.25, 0.3) is 5.91 Å². The number of amides is 2. The molecule has 3 rings (SSSR count). The SMILES string of the molecule is CC(N)(C(=O)Nc1ccc(C(=O)NC2CC2)cc1)c1ccccc1.Cl. The third-order valence-corrected chi connectivity index (χ3v) is 4.16. The highest BCUT2D eigenvalue weighted by molar-refractivity contribution is 5.99. The lowest BCUT2D eigenvalue weighted by Gasteiger charge is -2.24. The number of hydrogen-bond donors (Lipinski definition) is 3. The molecule has 1 unspecified atom stereocenters. The van der Waals surface area contributed by atoms with Crippen LogP contribution in [0, 0.1) is 0 Å². The summed E-state index contributed by atoms with van der Waals surface area (Å²) in [5.74, 6) is -0.382. The molecule has 0 heterocycles. The lowest BCUT2D eigenvalue weighted by atomic mass is 9.92. The zero-order valence-electron chi connectivity index (χ0n) is 14.0. The van der Waals surface area contributed by atoms with Gasteiger partial charge in [-0.1, -0.05) is 30.3 Å². The van der Waals surface area contributed by atoms with Gasteiger partial charge in [0, 0.05) is 17.3 Å². The monoisotopic (exact) mass is 359 g/mol. The van der Waals surface area contributed by atoms with E-state index in [4.69, 9.17) is 5.73 Å². The quantitative estimate of drug-likeness (QED) is 0.767. The highest BCUT2D eigenvalue weighted by Gasteiger charge is 2.30. The number of halogens is 1. The molecule has 0 spiro atoms. The van der Waals surface area contributed by atoms with Crippen LogP contribution in [0.4, 0.5) is 5.69 Å². The summed E-state index contributed by atoms with van der Waals surface area (Å²) in [7, 11) is 0. The van der Waals surface area contributed by atoms with Crippen molar-refractivity contribution in [2.45, 2.75) is 31.3 Å². The third kappa shape index (κ3) is 4.59. The van der Waals surface area contributed by atoms with E-state index in [0.29, 0.717) is 17.3 Å². The van der Waals surface area contributed by atoms with E-state index >= 15 is 0 Å². The second-order valence-corrected chi connectivity index (χ2v) is 6.35. The molecule has 1 saturated carbocycles. The molecule has 2 aromatic rings. The van der Waals surface area contributed by atoms with Gasteiger partial charge in [0.15, 0.2) is 0 Å². The number of nitrogens with one attached hydrogen (secondary N) is 2. The molecule has 25 heavy (non-hydrogen) atoms. The minimum atomic E-state index is -1.14. The summed E-state index contributed by atoms with van der Waals surface area (Å²) in [4.78, 5) is 24.4. The molecule has 0 aromatic heterocycles. The fourth-order valence-electron chi connectivity index (χ4n) is 2.38. The van der Waals surface area contributed by atoms with Crippen molar-refractivity contribution < 1.29 is 9.59 Å². The predicted molar refractivity (Wildman–Crippen MR) is 101 cm³/mol. The smallest absolute Gasteiger partial charge is 0.251 e. The van der Waals surface area contributed by atoms with Gasteiger partial charge in [-0.05, 0) is 49.6 Å². The minimum absolute atomic E-state index is 0. The molecule has 1 aliphatic rings. The Hall–Kier alpha value is -2.37. The number of anilines is 1. The van der Waals surface area contributed by atoms with E-state index in [2.05, 4.69) is 10.6 Å². The molecule has 2 aromatic carbocycles. The summed E-state index contributed by atoms with van der Waals surface area (Å²) >= 11 is 0. The van der Waals surface area contributed by atoms with Crippen LogP contribution in [-0.2, 0) is 10.3 Å². The summed E-state index contributed by atoms with van der Waals surface area (Å²) in [5.41, 5.74) is 6.99. The van der Waals surface area contributed by atoms with Crippen LogP contribution >= 0.6 is 12.4 Å². The van der Waals surface area contributed by atoms with Gasteiger partial charge >= 0.3 is 0 Å². The van der Waals surface area contributed by atoms with Crippen molar-refractivity contribution >= 4 is 29.9 Å². The first-order valence-corrected chi connectivity index (χ1v) is 8.03. The average Bonchev–Trinajstić information content (AvgIpc) is 3.40. The first-order valence-electron chi connectivity index (χ1n) is 8.03. The summed E-state index contributed by atoms with van der Waals surface area (Å²) in [6.07, 6.45) is 2.10. The minimum Gasteiger partial charge on any atom is -0.349 e. The third-order valence-electron chi connectivity index (χ3n) is 4.16. The van der Waals surface area contributed by atoms with Crippen LogP contribution in [0.5, 0.6) is 0 Å². The van der Waals surface area contributed by atoms with E-state index in [0.717, 1.165) is 18.4 Å². The Morgan fingerprint density at radius 1 is 1.04 bits per heavy atom. The van der Waals surface area contributed by atoms with Crippen molar-refractivity contribution in [3.63, 3.8) is 0 Å². The Morgan fingerprint density at radius 2 is 1.64 bits per heavy atom. The van der Waals surface area contributed by atoms with Gasteiger partial charge < -0.3 is 16.4 Å². The van der Waals surface area contributed by atoms with Gasteiger partial charge in [-0.3, -0.25) is 9.59 Å². The zero-order chi connectivity index (χ0) is 17.2. The second kappa shape index (κ2) is 7.68. The molecule has 2 amide bonds. The number of carbonyl (C=O) groups is 2. The van der Waals surface area contributed by atoms with Crippen molar-refractivity contribution in [2.24, 2.45) is 5.73 Å². The van der Waals surface area contributed by atoms with Crippen LogP contribution in [0.25, 0.3) is 0 Å². The molecular formula is C19H22ClN3O2. The maximum absolute atomic E-state index is 12.5. The fourth-order valence-corrected chi connectivity index (χ4v) is 2.38. The van der Waals surface area contributed by atoms with E-state index < -0.39 is 5.54 Å². The molecule has 0 aliphatic heterocycles. The van der Waals surface area contributed by atoms with Gasteiger partial charge in [-0.15, -0.1) is 12.4 Å². The maximum atomic E-state index is 12.5. The lowest BCUT2D eigenvalue weighted by Crippen LogP contribution is -2.45. The molecule has 1 fully saturated rings. The van der Waals surface area contributed by atoms with Crippen molar-refractivity contribution in [3.05, 3.63) is 65.7 Å². The number of rotatable bonds is 5. The molecule has 0 radical (unpaired) electrons. The molecule has 0 saturated heterocycles. The normalized spacial score (nSPS) is 15.4. The maximum Gasteiger partial charge on any atom is 0.251 e. The number of hydrogen-bond acceptors (Lipinski definition) is 3. The molecule has 1 atom stereocenters. The Kier molecular flexibility index (Phi) is 5.82. The molecule has 4 N–H and O–H groups in total. The Labute approximate surface area is 153 Å². The summed E-state index contributed by atoms with van der Waals surface area (Å²) in [6.45, 7) is 1.68. The van der Waals surface area contributed by atoms with Crippen LogP contribution in [0.2, 0.25) is 0 Å². The Morgan fingerprint density at radius 3 is 2.20 bits per heavy atom. The molecule has 132 valence electrons. The van der Waals surface area contributed by atoms with Crippen LogP contribution in [0.15, 0.2) is 54.6 Å². The van der Waals surface area contributed by atoms with E-state index in [-0.39, 0.29) is 24.2 Å². The highest BCUT2D eigenvalue weighted by Crippen LogP contribution is 2.21. The molecule has 6 heteroatoms. The van der Waals surface area contributed by atoms with Crippen molar-refractivity contribution in [3.8, 4) is 0 Å². The fraction of sp³-hybridized carbons (Fsp3) is 0.263. The van der Waals surface area contributed by atoms with Gasteiger partial charge in [-0.2, -0.15) is 0 Å². The molecular weight excluding hydrogens is 338 g/mol. The predicted octanol–water partition coefficient (Wildman–Crippen LogP) is 2.81. The van der Waals surface area contributed by atoms with Gasteiger partial charge in [0.1, 0.15) is 5.54 Å². The topological polar surface area (TPSA) is 84.2 Å². The van der Waals surface area contributed by atoms with Crippen LogP contribution in [0.3, 0.4) is 0 Å². The molecule has 0 bridgehead atoms. The van der Waals surface area contributed by atoms with E-state index in [9.17, 15) is 9.59 Å². The Bertz CT molecular complexity index is 741. The van der Waals surface area contributed by atoms with Crippen molar-refractivity contribution in [1.29, 1.82) is 0 Å². The van der Waals surface area contributed by atoms with Crippen LogP contribution < -0.4 is 16.4 Å². The van der Waals surface area contributed by atoms with Gasteiger partial charge in [0.2, 0.25) is 5.91 Å². The highest BCUT2D eigenvalue weighted by atomic mass is 35.5. The largest absolute Gasteiger partial charge is 0.349 e. The first-order chi connectivity index (χ1) is 11.5. The average molecular weight is 360 g/mol. The number of carbonyl (C=O) groups excluding carboxylic acids is 2. The van der Waals surface area contributed by atoms with E-state index in [1.807, 2.05) is 30.3 Å². The molecule has 1 aliphatic carbocycles. The lowest BCUT2D eigenvalue weighted by molar-refractivity contribution is -0.120. The van der Waals surface area contributed by atoms with Gasteiger partial charge in [-0.25, -0.2) is 0 Å². The standard InChI is InChI=1S/C19H21N3O2.ClH/c1-19(20,14-5-3-2-4-6-14)18(24)22-16-9-7-13(8-10-16)17(23)21-15-11-12-15;/h2-10,15H,11-12,20H2,1H3,(H,21,23)(H,22,24);1H. The van der Waals surface area contributed by atoms with E-state index in [1.54, 1.807) is 31.2 Å². The zero-order valence-corrected chi connectivity index (χ0v) is 14.8. The van der Waals surface area contributed by atoms with Gasteiger partial charge in [0.05, 0.1) is 0 Å². The number of nitrogens with two attached hydrogens (primary N) is 1. The number of benzene rings is 2. The van der Waals surface area contributed by atoms with Crippen molar-refractivity contribution in [2.75, 3.05) is 5.32 Å². The summed E-state index contributed by atoms with van der Waals surface area (Å²) in [6, 6.07) is 16.4. The Balaban J connectivity index is 0.00000225. The van der Waals surface area contributed by atoms with Crippen molar-refractivity contribution in [1.82, 2.24) is 5.32 Å². The summed E-state index contributed by atoms with van der Waals surface area (Å²) < 4.78 is 0. The first kappa shape index (κ1) is 19.0. The van der Waals surface area contributed by atoms with Crippen LogP contribution in [0.1, 0.15) is 35.7 Å². The second-order valence-electron chi connectivity index (χ2n) is 6.35. The summed E-state index contributed by atoms with van der Waals surface area (Å²) in [5, 5.41) is 5.73.